The third-order valence-corrected chi connectivity index (χ3v) is 7.95. The molecule has 2 unspecified atom stereocenters. The molecule has 3 rings (SSSR count). The fourth-order valence-electron chi connectivity index (χ4n) is 5.42. The maximum atomic E-state index is 12.8. The Morgan fingerprint density at radius 3 is 2.21 bits per heavy atom. The Morgan fingerprint density at radius 1 is 0.881 bits per heavy atom. The van der Waals surface area contributed by atoms with E-state index in [9.17, 15) is 32.2 Å². The van der Waals surface area contributed by atoms with E-state index >= 15 is 0 Å². The fourth-order valence-corrected chi connectivity index (χ4v) is 5.42. The van der Waals surface area contributed by atoms with Crippen LogP contribution in [0.2, 0.25) is 0 Å². The lowest BCUT2D eigenvalue weighted by atomic mass is 9.66. The molecule has 0 amide bonds. The summed E-state index contributed by atoms with van der Waals surface area (Å²) in [6, 6.07) is 12.7. The summed E-state index contributed by atoms with van der Waals surface area (Å²) in [4.78, 5) is 0. The number of nitrogens with one attached hydrogen (secondary N) is 2. The predicted octanol–water partition coefficient (Wildman–Crippen LogP) is 7.75. The van der Waals surface area contributed by atoms with E-state index in [2.05, 4.69) is 22.8 Å². The summed E-state index contributed by atoms with van der Waals surface area (Å²) in [5.74, 6) is -3.30. The van der Waals surface area contributed by atoms with Crippen molar-refractivity contribution in [2.45, 2.75) is 94.6 Å². The van der Waals surface area contributed by atoms with E-state index in [-0.39, 0.29) is 35.8 Å². The Hall–Kier alpha value is -3.24. The third kappa shape index (κ3) is 9.39. The number of rotatable bonds is 17. The molecule has 1 aliphatic heterocycles. The lowest BCUT2D eigenvalue weighted by Crippen LogP contribution is -2.40. The zero-order valence-electron chi connectivity index (χ0n) is 24.0. The smallest absolute Gasteiger partial charge is 0.453 e. The first kappa shape index (κ1) is 33.3. The minimum Gasteiger partial charge on any atom is -0.508 e. The molecule has 11 heteroatoms. The van der Waals surface area contributed by atoms with Crippen LogP contribution in [-0.4, -0.2) is 48.3 Å². The van der Waals surface area contributed by atoms with Gasteiger partial charge in [-0.1, -0.05) is 63.6 Å². The molecule has 42 heavy (non-hydrogen) atoms. The summed E-state index contributed by atoms with van der Waals surface area (Å²) >= 11 is 0. The molecule has 2 atom stereocenters. The molecule has 6 nitrogen and oxygen atoms in total. The number of fused-ring (bicyclic) bond motifs is 1. The summed E-state index contributed by atoms with van der Waals surface area (Å²) in [5, 5.41) is 26.5. The van der Waals surface area contributed by atoms with Crippen LogP contribution in [0.1, 0.15) is 88.2 Å². The second-order valence-electron chi connectivity index (χ2n) is 11.2. The van der Waals surface area contributed by atoms with Crippen molar-refractivity contribution < 1.29 is 36.9 Å². The van der Waals surface area contributed by atoms with Crippen molar-refractivity contribution in [3.8, 4) is 17.2 Å². The molecule has 0 radical (unpaired) electrons. The summed E-state index contributed by atoms with van der Waals surface area (Å²) in [5.41, 5.74) is 4.42. The Kier molecular flexibility index (Phi) is 12.1. The molecule has 0 aliphatic carbocycles. The minimum atomic E-state index is -5.51. The normalized spacial score (nSPS) is 19.0. The van der Waals surface area contributed by atoms with Gasteiger partial charge in [0.1, 0.15) is 23.6 Å². The van der Waals surface area contributed by atoms with E-state index in [1.165, 1.54) is 6.34 Å². The van der Waals surface area contributed by atoms with Gasteiger partial charge < -0.3 is 25.7 Å². The highest BCUT2D eigenvalue weighted by atomic mass is 19.4. The van der Waals surface area contributed by atoms with E-state index in [1.807, 2.05) is 18.2 Å². The van der Waals surface area contributed by atoms with Gasteiger partial charge in [0.25, 0.3) is 0 Å². The van der Waals surface area contributed by atoms with E-state index in [4.69, 9.17) is 4.74 Å². The molecule has 2 aromatic rings. The van der Waals surface area contributed by atoms with Crippen molar-refractivity contribution >= 4 is 6.34 Å². The standard InChI is InChI=1S/C31H42F5N3O3/c1-29(23-11-13-24(40)14-12-23)21-42-28-20-25(41)15-16-26(28)27(29)10-7-5-3-2-4-6-8-18-37-22-39-38-19-9-17-30(32,33)31(34,35)36/h11-16,20,22,27,38,40-41H,2-10,17-19,21H2,1H3,(H,37,39). The van der Waals surface area contributed by atoms with Crippen LogP contribution in [0, 0.1) is 0 Å². The van der Waals surface area contributed by atoms with E-state index in [1.54, 1.807) is 24.3 Å². The number of unbranched alkanes of at least 4 members (excludes halogenated alkanes) is 6. The number of phenols is 2. The lowest BCUT2D eigenvalue weighted by Gasteiger charge is -2.43. The molecule has 4 N–H and O–H groups in total. The van der Waals surface area contributed by atoms with Gasteiger partial charge in [0, 0.05) is 36.9 Å². The van der Waals surface area contributed by atoms with Crippen molar-refractivity contribution in [2.24, 2.45) is 5.10 Å². The van der Waals surface area contributed by atoms with Crippen molar-refractivity contribution in [3.05, 3.63) is 53.6 Å². The van der Waals surface area contributed by atoms with Gasteiger partial charge in [0.15, 0.2) is 0 Å². The molecule has 0 saturated carbocycles. The number of halogens is 5. The first-order valence-electron chi connectivity index (χ1n) is 14.6. The van der Waals surface area contributed by atoms with Gasteiger partial charge >= 0.3 is 12.1 Å². The first-order chi connectivity index (χ1) is 19.9. The fraction of sp³-hybridized carbons (Fsp3) is 0.581. The summed E-state index contributed by atoms with van der Waals surface area (Å²) < 4.78 is 68.0. The van der Waals surface area contributed by atoms with Crippen LogP contribution in [0.3, 0.4) is 0 Å². The van der Waals surface area contributed by atoms with Gasteiger partial charge in [-0.05, 0) is 48.6 Å². The van der Waals surface area contributed by atoms with E-state index < -0.39 is 18.5 Å². The Morgan fingerprint density at radius 2 is 1.52 bits per heavy atom. The third-order valence-electron chi connectivity index (χ3n) is 7.95. The van der Waals surface area contributed by atoms with Gasteiger partial charge in [0.2, 0.25) is 0 Å². The highest BCUT2D eigenvalue weighted by Crippen LogP contribution is 2.49. The summed E-state index contributed by atoms with van der Waals surface area (Å²) in [6.45, 7) is 3.33. The summed E-state index contributed by atoms with van der Waals surface area (Å²) in [6.07, 6.45) is 2.81. The van der Waals surface area contributed by atoms with E-state index in [0.717, 1.165) is 68.2 Å². The van der Waals surface area contributed by atoms with E-state index in [0.29, 0.717) is 13.2 Å². The SMILES string of the molecule is CC1(c2ccc(O)cc2)COc2cc(O)ccc2C1CCCCCCCCCNC=NNCCCC(F)(F)C(F)(F)F. The molecule has 0 saturated heterocycles. The van der Waals surface area contributed by atoms with Crippen LogP contribution in [0.5, 0.6) is 17.2 Å². The van der Waals surface area contributed by atoms with Crippen LogP contribution in [0.4, 0.5) is 22.0 Å². The zero-order chi connectivity index (χ0) is 30.6. The van der Waals surface area contributed by atoms with Crippen LogP contribution in [-0.2, 0) is 5.41 Å². The van der Waals surface area contributed by atoms with Crippen LogP contribution < -0.4 is 15.5 Å². The molecule has 234 valence electrons. The minimum absolute atomic E-state index is 0.0650. The number of phenolic OH excluding ortho intramolecular Hbond substituents is 2. The number of benzene rings is 2. The molecule has 2 aromatic carbocycles. The molecule has 0 aromatic heterocycles. The number of aromatic hydroxyl groups is 2. The molecular formula is C31H42F5N3O3. The molecule has 1 heterocycles. The zero-order valence-corrected chi connectivity index (χ0v) is 24.0. The highest BCUT2D eigenvalue weighted by Gasteiger charge is 2.56. The highest BCUT2D eigenvalue weighted by molar-refractivity contribution is 5.53. The summed E-state index contributed by atoms with van der Waals surface area (Å²) in [7, 11) is 0. The Labute approximate surface area is 244 Å². The number of hydrogen-bond acceptors (Lipinski definition) is 5. The van der Waals surface area contributed by atoms with Crippen molar-refractivity contribution in [1.29, 1.82) is 0 Å². The van der Waals surface area contributed by atoms with Crippen molar-refractivity contribution in [2.75, 3.05) is 19.7 Å². The van der Waals surface area contributed by atoms with Crippen molar-refractivity contribution in [1.82, 2.24) is 10.7 Å². The van der Waals surface area contributed by atoms with Crippen LogP contribution in [0.25, 0.3) is 0 Å². The molecule has 0 fully saturated rings. The second-order valence-corrected chi connectivity index (χ2v) is 11.2. The quantitative estimate of drug-likeness (QED) is 0.0491. The van der Waals surface area contributed by atoms with Gasteiger partial charge in [-0.15, -0.1) is 0 Å². The number of alkyl halides is 5. The number of hydrogen-bond donors (Lipinski definition) is 4. The Balaban J connectivity index is 1.29. The van der Waals surface area contributed by atoms with Gasteiger partial charge in [-0.25, -0.2) is 0 Å². The van der Waals surface area contributed by atoms with Crippen LogP contribution in [0.15, 0.2) is 47.6 Å². The average Bonchev–Trinajstić information content (AvgIpc) is 2.93. The average molecular weight is 600 g/mol. The van der Waals surface area contributed by atoms with Gasteiger partial charge in [-0.2, -0.15) is 27.1 Å². The lowest BCUT2D eigenvalue weighted by molar-refractivity contribution is -0.284. The number of ether oxygens (including phenoxy) is 1. The monoisotopic (exact) mass is 599 g/mol. The molecule has 0 bridgehead atoms. The molecule has 0 spiro atoms. The maximum Gasteiger partial charge on any atom is 0.453 e. The maximum absolute atomic E-state index is 12.8. The first-order valence-corrected chi connectivity index (χ1v) is 14.6. The van der Waals surface area contributed by atoms with Crippen LogP contribution >= 0.6 is 0 Å². The van der Waals surface area contributed by atoms with Gasteiger partial charge in [0.05, 0.1) is 6.61 Å². The Bertz CT molecular complexity index is 1130. The largest absolute Gasteiger partial charge is 0.508 e. The second kappa shape index (κ2) is 15.3. The van der Waals surface area contributed by atoms with Crippen molar-refractivity contribution in [3.63, 3.8) is 0 Å². The molecular weight excluding hydrogens is 557 g/mol. The number of nitrogens with zero attached hydrogens (tertiary/aromatic N) is 1. The molecule has 1 aliphatic rings. The number of hydrazone groups is 1. The van der Waals surface area contributed by atoms with Gasteiger partial charge in [-0.3, -0.25) is 0 Å². The topological polar surface area (TPSA) is 86.1 Å². The predicted molar refractivity (Wildman–Crippen MR) is 153 cm³/mol.